The van der Waals surface area contributed by atoms with E-state index in [0.717, 1.165) is 33.1 Å². The van der Waals surface area contributed by atoms with Crippen molar-refractivity contribution in [3.8, 4) is 11.3 Å². The van der Waals surface area contributed by atoms with Gasteiger partial charge in [-0.15, -0.1) is 0 Å². The second-order valence-electron chi connectivity index (χ2n) is 3.70. The van der Waals surface area contributed by atoms with Crippen LogP contribution in [-0.2, 0) is 5.75 Å². The molecule has 0 atom stereocenters. The Hall–Kier alpha value is -1.07. The molecule has 0 amide bonds. The van der Waals surface area contributed by atoms with Gasteiger partial charge in [0.15, 0.2) is 0 Å². The van der Waals surface area contributed by atoms with Crippen molar-refractivity contribution in [3.05, 3.63) is 40.6 Å². The third-order valence-electron chi connectivity index (χ3n) is 2.45. The van der Waals surface area contributed by atoms with Gasteiger partial charge in [0.1, 0.15) is 11.6 Å². The maximum absolute atomic E-state index is 4.62. The first kappa shape index (κ1) is 13.4. The van der Waals surface area contributed by atoms with Crippen molar-refractivity contribution >= 4 is 33.5 Å². The van der Waals surface area contributed by atoms with E-state index in [9.17, 15) is 0 Å². The third-order valence-corrected chi connectivity index (χ3v) is 3.75. The van der Waals surface area contributed by atoms with Gasteiger partial charge in [0, 0.05) is 12.6 Å². The molecule has 0 aliphatic carbocycles. The van der Waals surface area contributed by atoms with Gasteiger partial charge >= 0.3 is 0 Å². The molecule has 0 aliphatic heterocycles. The number of benzene rings is 1. The van der Waals surface area contributed by atoms with Crippen LogP contribution in [0.1, 0.15) is 5.82 Å². The zero-order valence-electron chi connectivity index (χ0n) is 10.3. The minimum atomic E-state index is 0.807. The molecule has 0 aliphatic rings. The Labute approximate surface area is 120 Å². The summed E-state index contributed by atoms with van der Waals surface area (Å²) >= 11 is 5.28. The van der Waals surface area contributed by atoms with Crippen molar-refractivity contribution in [2.75, 3.05) is 18.6 Å². The summed E-state index contributed by atoms with van der Waals surface area (Å²) in [5.41, 5.74) is 2.02. The number of rotatable bonds is 4. The number of nitrogens with one attached hydrogen (secondary N) is 1. The Bertz CT molecular complexity index is 531. The van der Waals surface area contributed by atoms with Gasteiger partial charge in [-0.05, 0) is 22.2 Å². The van der Waals surface area contributed by atoms with Crippen molar-refractivity contribution in [3.63, 3.8) is 0 Å². The standard InChI is InChI=1S/C13H14BrN3S/c1-15-13-11(14)12(9-6-4-3-5-7-9)16-10(17-13)8-18-2/h3-7H,8H2,1-2H3,(H,15,16,17). The van der Waals surface area contributed by atoms with E-state index >= 15 is 0 Å². The number of hydrogen-bond acceptors (Lipinski definition) is 4. The van der Waals surface area contributed by atoms with Gasteiger partial charge in [-0.3, -0.25) is 0 Å². The molecule has 18 heavy (non-hydrogen) atoms. The zero-order valence-corrected chi connectivity index (χ0v) is 12.7. The zero-order chi connectivity index (χ0) is 13.0. The summed E-state index contributed by atoms with van der Waals surface area (Å²) in [7, 11) is 1.87. The fraction of sp³-hybridized carbons (Fsp3) is 0.231. The van der Waals surface area contributed by atoms with Gasteiger partial charge < -0.3 is 5.32 Å². The van der Waals surface area contributed by atoms with Crippen molar-refractivity contribution < 1.29 is 0 Å². The largest absolute Gasteiger partial charge is 0.372 e. The summed E-state index contributed by atoms with van der Waals surface area (Å²) in [5, 5.41) is 3.10. The molecule has 0 saturated heterocycles. The van der Waals surface area contributed by atoms with Crippen LogP contribution >= 0.6 is 27.7 Å². The lowest BCUT2D eigenvalue weighted by Gasteiger charge is -2.10. The summed E-state index contributed by atoms with van der Waals surface area (Å²) in [6, 6.07) is 10.1. The molecular formula is C13H14BrN3S. The average Bonchev–Trinajstić information content (AvgIpc) is 2.42. The van der Waals surface area contributed by atoms with Crippen LogP contribution in [0.25, 0.3) is 11.3 Å². The molecule has 1 aromatic heterocycles. The Kier molecular flexibility index (Phi) is 4.60. The van der Waals surface area contributed by atoms with Gasteiger partial charge in [0.25, 0.3) is 0 Å². The maximum atomic E-state index is 4.62. The number of anilines is 1. The minimum Gasteiger partial charge on any atom is -0.372 e. The van der Waals surface area contributed by atoms with E-state index in [1.54, 1.807) is 11.8 Å². The average molecular weight is 324 g/mol. The SMILES string of the molecule is CNc1nc(CSC)nc(-c2ccccc2)c1Br. The molecule has 2 aromatic rings. The van der Waals surface area contributed by atoms with Crippen LogP contribution in [0.3, 0.4) is 0 Å². The summed E-state index contributed by atoms with van der Waals surface area (Å²) in [6.45, 7) is 0. The van der Waals surface area contributed by atoms with E-state index in [-0.39, 0.29) is 0 Å². The smallest absolute Gasteiger partial charge is 0.144 e. The van der Waals surface area contributed by atoms with E-state index in [2.05, 4.69) is 43.3 Å². The van der Waals surface area contributed by atoms with Gasteiger partial charge in [-0.2, -0.15) is 11.8 Å². The second-order valence-corrected chi connectivity index (χ2v) is 5.36. The van der Waals surface area contributed by atoms with Gasteiger partial charge in [0.05, 0.1) is 15.9 Å². The Morgan fingerprint density at radius 3 is 2.56 bits per heavy atom. The van der Waals surface area contributed by atoms with Crippen molar-refractivity contribution in [1.29, 1.82) is 0 Å². The first-order valence-corrected chi connectivity index (χ1v) is 7.73. The molecule has 94 valence electrons. The van der Waals surface area contributed by atoms with Gasteiger partial charge in [-0.1, -0.05) is 30.3 Å². The van der Waals surface area contributed by atoms with Crippen molar-refractivity contribution in [2.24, 2.45) is 0 Å². The number of aromatic nitrogens is 2. The fourth-order valence-electron chi connectivity index (χ4n) is 1.64. The normalized spacial score (nSPS) is 10.4. The van der Waals surface area contributed by atoms with E-state index in [4.69, 9.17) is 0 Å². The highest BCUT2D eigenvalue weighted by Crippen LogP contribution is 2.31. The van der Waals surface area contributed by atoms with Crippen LogP contribution in [0.4, 0.5) is 5.82 Å². The molecule has 2 rings (SSSR count). The third kappa shape index (κ3) is 2.84. The highest BCUT2D eigenvalue weighted by molar-refractivity contribution is 9.10. The Morgan fingerprint density at radius 1 is 1.22 bits per heavy atom. The van der Waals surface area contributed by atoms with Crippen molar-refractivity contribution in [2.45, 2.75) is 5.75 Å². The highest BCUT2D eigenvalue weighted by atomic mass is 79.9. The minimum absolute atomic E-state index is 0.807. The monoisotopic (exact) mass is 323 g/mol. The van der Waals surface area contributed by atoms with Crippen molar-refractivity contribution in [1.82, 2.24) is 9.97 Å². The van der Waals surface area contributed by atoms with E-state index in [0.29, 0.717) is 0 Å². The molecule has 1 heterocycles. The lowest BCUT2D eigenvalue weighted by molar-refractivity contribution is 1.03. The molecule has 3 nitrogen and oxygen atoms in total. The first-order valence-electron chi connectivity index (χ1n) is 5.54. The lowest BCUT2D eigenvalue weighted by Crippen LogP contribution is -2.02. The van der Waals surface area contributed by atoms with E-state index < -0.39 is 0 Å². The molecule has 1 aromatic carbocycles. The fourth-order valence-corrected chi connectivity index (χ4v) is 2.63. The number of thioether (sulfide) groups is 1. The quantitative estimate of drug-likeness (QED) is 0.928. The summed E-state index contributed by atoms with van der Waals surface area (Å²) in [5.74, 6) is 2.48. The predicted molar refractivity (Wildman–Crippen MR) is 81.9 cm³/mol. The molecule has 0 saturated carbocycles. The lowest BCUT2D eigenvalue weighted by atomic mass is 10.1. The number of halogens is 1. The molecule has 0 fully saturated rings. The van der Waals surface area contributed by atoms with Crippen LogP contribution in [0.15, 0.2) is 34.8 Å². The predicted octanol–water partition coefficient (Wildman–Crippen LogP) is 3.81. The Morgan fingerprint density at radius 2 is 1.94 bits per heavy atom. The van der Waals surface area contributed by atoms with Gasteiger partial charge in [0.2, 0.25) is 0 Å². The molecule has 1 N–H and O–H groups in total. The summed E-state index contributed by atoms with van der Waals surface area (Å²) < 4.78 is 0.904. The van der Waals surface area contributed by atoms with Crippen LogP contribution in [0, 0.1) is 0 Å². The van der Waals surface area contributed by atoms with E-state index in [1.807, 2.05) is 31.5 Å². The molecule has 0 bridgehead atoms. The van der Waals surface area contributed by atoms with Crippen LogP contribution in [0.2, 0.25) is 0 Å². The topological polar surface area (TPSA) is 37.8 Å². The van der Waals surface area contributed by atoms with E-state index in [1.165, 1.54) is 0 Å². The second kappa shape index (κ2) is 6.20. The molecular weight excluding hydrogens is 310 g/mol. The summed E-state index contributed by atoms with van der Waals surface area (Å²) in [6.07, 6.45) is 2.05. The first-order chi connectivity index (χ1) is 8.76. The summed E-state index contributed by atoms with van der Waals surface area (Å²) in [4.78, 5) is 9.10. The highest BCUT2D eigenvalue weighted by Gasteiger charge is 2.12. The number of nitrogens with zero attached hydrogens (tertiary/aromatic N) is 2. The number of hydrogen-bond donors (Lipinski definition) is 1. The van der Waals surface area contributed by atoms with Crippen LogP contribution in [-0.4, -0.2) is 23.3 Å². The van der Waals surface area contributed by atoms with Gasteiger partial charge in [-0.25, -0.2) is 9.97 Å². The molecule has 0 radical (unpaired) electrons. The molecule has 5 heteroatoms. The van der Waals surface area contributed by atoms with Crippen LogP contribution < -0.4 is 5.32 Å². The maximum Gasteiger partial charge on any atom is 0.144 e. The molecule has 0 spiro atoms. The molecule has 0 unspecified atom stereocenters. The Balaban J connectivity index is 2.55. The van der Waals surface area contributed by atoms with Crippen LogP contribution in [0.5, 0.6) is 0 Å².